The predicted molar refractivity (Wildman–Crippen MR) is 516 cm³/mol. The first kappa shape index (κ1) is 123. The first-order chi connectivity index (χ1) is 60.4. The molecule has 15 aromatic rings. The second-order valence-electron chi connectivity index (χ2n) is 26.3. The van der Waals surface area contributed by atoms with E-state index in [1.807, 2.05) is 27.7 Å². The molecule has 0 amide bonds. The van der Waals surface area contributed by atoms with E-state index in [2.05, 4.69) is 488 Å². The van der Waals surface area contributed by atoms with Crippen molar-refractivity contribution in [1.29, 1.82) is 0 Å². The van der Waals surface area contributed by atoms with Crippen molar-refractivity contribution in [1.82, 2.24) is 0 Å². The van der Waals surface area contributed by atoms with Gasteiger partial charge in [0.05, 0.1) is 0 Å². The summed E-state index contributed by atoms with van der Waals surface area (Å²) >= 11 is 0. The Morgan fingerprint density at radius 2 is 0.289 bits per heavy atom. The zero-order valence-corrected chi connectivity index (χ0v) is 89.2. The average Bonchev–Trinajstić information content (AvgIpc) is 0.965. The molecule has 2 fully saturated rings. The van der Waals surface area contributed by atoms with Crippen LogP contribution in [-0.4, -0.2) is 32.2 Å². The number of hydrogen-bond donors (Lipinski definition) is 0. The minimum Gasteiger partial charge on any atom is -0.0622 e. The first-order valence-corrected chi connectivity index (χ1v) is 46.3. The molecule has 0 bridgehead atoms. The molecule has 0 atom stereocenters. The van der Waals surface area contributed by atoms with E-state index < -0.39 is 39.6 Å². The fraction of sp³-hybridized carbons (Fsp3) is 0.110. The van der Waals surface area contributed by atoms with Gasteiger partial charge >= 0.3 is 56.5 Å². The molecule has 674 valence electrons. The molecule has 2 saturated heterocycles. The number of ketones is 1. The first-order valence-electron chi connectivity index (χ1n) is 39.6. The third kappa shape index (κ3) is 47.3. The molecule has 0 aromatic heterocycles. The Morgan fingerprint density at radius 1 is 0.203 bits per heavy atom. The third-order valence-corrected chi connectivity index (χ3v) is 29.5. The number of ether oxygens (including phenoxy) is 2. The van der Waals surface area contributed by atoms with Crippen molar-refractivity contribution in [2.75, 3.05) is 26.4 Å². The van der Waals surface area contributed by atoms with Crippen LogP contribution in [-0.2, 0) is 166 Å². The van der Waals surface area contributed by atoms with Gasteiger partial charge in [-0.2, -0.15) is 0 Å². The minimum absolute atomic E-state index is 0. The van der Waals surface area contributed by atoms with Gasteiger partial charge in [-0.25, -0.2) is 0 Å². The van der Waals surface area contributed by atoms with E-state index in [9.17, 15) is 0 Å². The van der Waals surface area contributed by atoms with E-state index in [1.54, 1.807) is 0 Å². The Kier molecular flexibility index (Phi) is 77.5. The second-order valence-corrected chi connectivity index (χ2v) is 37.4. The van der Waals surface area contributed by atoms with Crippen LogP contribution in [0.25, 0.3) is 0 Å². The molecule has 0 unspecified atom stereocenters. The zero-order valence-electron chi connectivity index (χ0n) is 71.3. The van der Waals surface area contributed by atoms with Crippen molar-refractivity contribution in [2.45, 2.75) is 53.4 Å². The maximum Gasteiger partial charge on any atom is 0 e. The van der Waals surface area contributed by atoms with Crippen LogP contribution in [0, 0.1) is 39.4 Å². The van der Waals surface area contributed by atoms with E-state index in [0.29, 0.717) is 0 Å². The fourth-order valence-corrected chi connectivity index (χ4v) is 23.8. The Hall–Kier alpha value is -7.16. The van der Waals surface area contributed by atoms with Gasteiger partial charge in [0.1, 0.15) is 11.9 Å². The number of carbonyl (C=O) groups excluding carboxylic acids is 1. The predicted octanol–water partition coefficient (Wildman–Crippen LogP) is 20.3. The van der Waals surface area contributed by atoms with Crippen LogP contribution >= 0.6 is 39.6 Å². The van der Waals surface area contributed by atoms with E-state index in [-0.39, 0.29) is 129 Å². The molecule has 0 spiro atoms. The normalized spacial score (nSPS) is 10.2. The van der Waals surface area contributed by atoms with Crippen molar-refractivity contribution in [3.8, 4) is 0 Å². The largest absolute Gasteiger partial charge is 0.0622 e. The summed E-state index contributed by atoms with van der Waals surface area (Å²) in [6.45, 7) is 34.2. The molecule has 0 saturated carbocycles. The number of benzene rings is 15. The zero-order chi connectivity index (χ0) is 87.5. The molecular weight excluding hydrogens is 2770 g/mol. The summed E-state index contributed by atoms with van der Waals surface area (Å²) in [5, 5.41) is 21.0. The van der Waals surface area contributed by atoms with Crippen LogP contribution in [0.1, 0.15) is 53.4 Å². The molecular formula is C109H103Au2O8P5Pt4. The molecule has 0 N–H and O–H groups in total. The summed E-state index contributed by atoms with van der Waals surface area (Å²) in [5.41, 5.74) is 0. The topological polar surface area (TPSA) is 129 Å². The SMILES string of the molecule is C1CCOC1.C1CCOC1.CC(C)=[O+][C-](C)C.[Au].[Au].[C-]#[O+].[C-]#[O+].[C-]#[O+].[C-]#[O+].[C-]#[O+].[Pt].[Pt].[Pt].[Pt].c1ccc(P(c2ccccc2)c2ccccc2)cc1.c1ccc(P(c2ccccc2)c2ccccc2)cc1.c1ccc(P(c2ccccc2)c2ccccc2)cc1.c1ccc(P(c2ccccc2)c2ccccc2)cc1.c1ccc(P(c2ccccc2)c2ccccc2)cc1. The van der Waals surface area contributed by atoms with Crippen LogP contribution < -0.4 is 79.6 Å². The quantitative estimate of drug-likeness (QED) is 0.0413. The van der Waals surface area contributed by atoms with E-state index in [0.717, 1.165) is 38.3 Å². The molecule has 2 aliphatic rings. The van der Waals surface area contributed by atoms with Gasteiger partial charge in [0.15, 0.2) is 0 Å². The van der Waals surface area contributed by atoms with Crippen molar-refractivity contribution < 1.29 is 166 Å². The summed E-state index contributed by atoms with van der Waals surface area (Å²) in [6.07, 6.45) is 6.11. The average molecular weight is 2870 g/mol. The molecule has 8 nitrogen and oxygen atoms in total. The molecule has 15 aromatic carbocycles. The smallest absolute Gasteiger partial charge is 0 e. The van der Waals surface area contributed by atoms with Gasteiger partial charge in [0.2, 0.25) is 0 Å². The van der Waals surface area contributed by atoms with E-state index in [1.165, 1.54) is 105 Å². The summed E-state index contributed by atoms with van der Waals surface area (Å²) in [5.74, 6) is 1.00. The molecule has 2 heterocycles. The maximum atomic E-state index is 7.50. The molecule has 128 heavy (non-hydrogen) atoms. The van der Waals surface area contributed by atoms with Crippen molar-refractivity contribution in [2.24, 2.45) is 0 Å². The van der Waals surface area contributed by atoms with E-state index >= 15 is 0 Å². The van der Waals surface area contributed by atoms with E-state index in [4.69, 9.17) is 37.2 Å². The molecule has 17 rings (SSSR count). The number of hydrogen-bond acceptors (Lipinski definition) is 2. The second kappa shape index (κ2) is 80.7. The van der Waals surface area contributed by atoms with Crippen LogP contribution in [0.2, 0.25) is 0 Å². The van der Waals surface area contributed by atoms with Gasteiger partial charge < -0.3 is 13.9 Å². The molecule has 2 aliphatic heterocycles. The Balaban J connectivity index is 0. The summed E-state index contributed by atoms with van der Waals surface area (Å²) in [6, 6.07) is 162. The maximum absolute atomic E-state index is 7.50. The summed E-state index contributed by atoms with van der Waals surface area (Å²) in [4.78, 5) is 0. The van der Waals surface area contributed by atoms with Crippen molar-refractivity contribution in [3.05, 3.63) is 494 Å². The van der Waals surface area contributed by atoms with Gasteiger partial charge in [-0.05, 0) is 173 Å². The Bertz CT molecular complexity index is 3990. The molecule has 2 radical (unpaired) electrons. The minimum atomic E-state index is -0.446. The number of rotatable bonds is 16. The standard InChI is InChI=1S/5C18H15P.C6H12O.2C4H8O.5CO.2Au.4Pt/c5*1-4-10-16(11-5-1)19(17-12-6-2-7-13-17)18-14-8-3-9-15-18;1-5(2)7-6(3)4;2*1-2-4-5-3-1;5*1-2;;;;;;/h5*1-15H;1-4H3;2*1-4H2;;;;;;;;;;;. The molecule has 0 aliphatic carbocycles. The van der Waals surface area contributed by atoms with Crippen molar-refractivity contribution in [3.63, 3.8) is 0 Å². The van der Waals surface area contributed by atoms with Gasteiger partial charge in [0, 0.05) is 155 Å². The molecule has 19 heteroatoms. The Labute approximate surface area is 856 Å². The Morgan fingerprint density at radius 3 is 0.336 bits per heavy atom. The van der Waals surface area contributed by atoms with Gasteiger partial charge in [-0.3, -0.25) is 0 Å². The van der Waals surface area contributed by atoms with Gasteiger partial charge in [-0.15, -0.1) is 0 Å². The van der Waals surface area contributed by atoms with Crippen LogP contribution in [0.4, 0.5) is 0 Å². The third-order valence-electron chi connectivity index (χ3n) is 17.3. The summed E-state index contributed by atoms with van der Waals surface area (Å²) in [7, 11) is -2.23. The fourth-order valence-electron chi connectivity index (χ4n) is 12.3. The van der Waals surface area contributed by atoms with Gasteiger partial charge in [0.25, 0.3) is 0 Å². The van der Waals surface area contributed by atoms with Gasteiger partial charge in [-0.1, -0.05) is 455 Å². The van der Waals surface area contributed by atoms with Crippen LogP contribution in [0.5, 0.6) is 0 Å². The monoisotopic (exact) mass is 2870 g/mol. The van der Waals surface area contributed by atoms with Crippen LogP contribution in [0.3, 0.4) is 0 Å². The summed E-state index contributed by atoms with van der Waals surface area (Å²) < 4.78 is 52.5. The van der Waals surface area contributed by atoms with Crippen molar-refractivity contribution >= 4 is 125 Å². The van der Waals surface area contributed by atoms with Crippen LogP contribution in [0.15, 0.2) is 455 Å².